The Morgan fingerprint density at radius 1 is 1.07 bits per heavy atom. The van der Waals surface area contributed by atoms with E-state index in [1.807, 2.05) is 12.3 Å². The fourth-order valence-electron chi connectivity index (χ4n) is 4.26. The zero-order valence-electron chi connectivity index (χ0n) is 23.0. The molecule has 4 aromatic rings. The van der Waals surface area contributed by atoms with Crippen molar-refractivity contribution < 1.29 is 18.3 Å². The van der Waals surface area contributed by atoms with Crippen LogP contribution in [0, 0.1) is 0 Å². The number of hydrogen-bond donors (Lipinski definition) is 1. The third kappa shape index (κ3) is 5.50. The summed E-state index contributed by atoms with van der Waals surface area (Å²) in [6.07, 6.45) is 3.70. The summed E-state index contributed by atoms with van der Waals surface area (Å²) in [4.78, 5) is 8.92. The zero-order chi connectivity index (χ0) is 29.6. The third-order valence-electron chi connectivity index (χ3n) is 7.47. The van der Waals surface area contributed by atoms with Gasteiger partial charge in [0.2, 0.25) is 0 Å². The van der Waals surface area contributed by atoms with Crippen molar-refractivity contribution in [2.24, 2.45) is 0 Å². The van der Waals surface area contributed by atoms with Crippen molar-refractivity contribution in [1.29, 1.82) is 0 Å². The van der Waals surface area contributed by atoms with Gasteiger partial charge in [-0.25, -0.2) is 17.7 Å². The summed E-state index contributed by atoms with van der Waals surface area (Å²) in [6, 6.07) is 9.06. The molecular formula is C27H31Cl3N4O4SSi. The Morgan fingerprint density at radius 2 is 1.77 bits per heavy atom. The Hall–Kier alpha value is -2.18. The van der Waals surface area contributed by atoms with Gasteiger partial charge in [-0.1, -0.05) is 68.7 Å². The van der Waals surface area contributed by atoms with Crippen LogP contribution in [0.5, 0.6) is 0 Å². The first kappa shape index (κ1) is 30.8. The molecule has 8 nitrogen and oxygen atoms in total. The fourth-order valence-corrected chi connectivity index (χ4v) is 8.06. The van der Waals surface area contributed by atoms with E-state index in [2.05, 4.69) is 48.1 Å². The summed E-state index contributed by atoms with van der Waals surface area (Å²) in [5.41, 5.74) is 1.41. The molecule has 4 rings (SSSR count). The summed E-state index contributed by atoms with van der Waals surface area (Å²) in [5, 5.41) is 13.0. The molecule has 0 bridgehead atoms. The van der Waals surface area contributed by atoms with Gasteiger partial charge < -0.3 is 14.1 Å². The molecule has 3 aromatic heterocycles. The summed E-state index contributed by atoms with van der Waals surface area (Å²) in [6.45, 7) is 10.8. The van der Waals surface area contributed by atoms with Crippen LogP contribution in [-0.4, -0.2) is 49.8 Å². The smallest absolute Gasteiger partial charge is 0.266 e. The largest absolute Gasteiger partial charge is 0.382 e. The number of fused-ring (bicyclic) bond motifs is 1. The molecule has 0 aliphatic heterocycles. The molecule has 0 amide bonds. The lowest BCUT2D eigenvalue weighted by Gasteiger charge is -2.38. The predicted octanol–water partition coefficient (Wildman–Crippen LogP) is 7.13. The number of hydrogen-bond acceptors (Lipinski definition) is 6. The molecule has 0 spiro atoms. The number of nitrogens with zero attached hydrogens (tertiary/aromatic N) is 4. The normalized spacial score (nSPS) is 13.6. The number of benzene rings is 1. The van der Waals surface area contributed by atoms with E-state index in [-0.39, 0.29) is 43.1 Å². The van der Waals surface area contributed by atoms with Gasteiger partial charge in [0.25, 0.3) is 10.0 Å². The lowest BCUT2D eigenvalue weighted by Crippen LogP contribution is -2.45. The number of rotatable bonds is 8. The average Bonchev–Trinajstić information content (AvgIpc) is 3.33. The number of aromatic nitrogens is 3. The number of pyridine rings is 2. The number of anilines is 1. The molecule has 13 heteroatoms. The summed E-state index contributed by atoms with van der Waals surface area (Å²) >= 11 is 18.4. The van der Waals surface area contributed by atoms with Crippen molar-refractivity contribution in [1.82, 2.24) is 14.2 Å². The first-order valence-electron chi connectivity index (χ1n) is 12.4. The molecule has 0 aliphatic carbocycles. The van der Waals surface area contributed by atoms with Gasteiger partial charge in [-0.15, -0.1) is 0 Å². The molecule has 1 N–H and O–H groups in total. The summed E-state index contributed by atoms with van der Waals surface area (Å²) in [7, 11) is -4.91. The van der Waals surface area contributed by atoms with Gasteiger partial charge >= 0.3 is 0 Å². The highest BCUT2D eigenvalue weighted by atomic mass is 35.5. The van der Waals surface area contributed by atoms with Gasteiger partial charge in [-0.3, -0.25) is 4.98 Å². The van der Waals surface area contributed by atoms with Gasteiger partial charge in [0.1, 0.15) is 18.5 Å². The van der Waals surface area contributed by atoms with Crippen LogP contribution < -0.4 is 4.31 Å². The molecule has 0 saturated carbocycles. The molecule has 0 aliphatic rings. The number of aliphatic hydroxyl groups is 1. The quantitative estimate of drug-likeness (QED) is 0.162. The minimum Gasteiger partial charge on any atom is -0.382 e. The van der Waals surface area contributed by atoms with Crippen molar-refractivity contribution in [3.8, 4) is 0 Å². The zero-order valence-corrected chi connectivity index (χ0v) is 27.1. The molecule has 1 aromatic carbocycles. The van der Waals surface area contributed by atoms with Crippen LogP contribution in [0.25, 0.3) is 11.0 Å². The van der Waals surface area contributed by atoms with Crippen molar-refractivity contribution in [3.05, 3.63) is 81.3 Å². The third-order valence-corrected chi connectivity index (χ3v) is 15.4. The summed E-state index contributed by atoms with van der Waals surface area (Å²) < 4.78 is 36.1. The van der Waals surface area contributed by atoms with Crippen LogP contribution in [0.15, 0.2) is 59.9 Å². The predicted molar refractivity (Wildman–Crippen MR) is 164 cm³/mol. The van der Waals surface area contributed by atoms with E-state index >= 15 is 0 Å². The van der Waals surface area contributed by atoms with Gasteiger partial charge in [-0.2, -0.15) is 0 Å². The minimum atomic E-state index is -4.24. The highest BCUT2D eigenvalue weighted by Crippen LogP contribution is 2.41. The van der Waals surface area contributed by atoms with E-state index in [0.29, 0.717) is 5.56 Å². The van der Waals surface area contributed by atoms with E-state index < -0.39 is 24.4 Å². The van der Waals surface area contributed by atoms with Gasteiger partial charge in [0, 0.05) is 24.9 Å². The highest BCUT2D eigenvalue weighted by Gasteiger charge is 2.39. The molecular weight excluding hydrogens is 611 g/mol. The Labute approximate surface area is 250 Å². The van der Waals surface area contributed by atoms with Crippen LogP contribution >= 0.6 is 34.8 Å². The monoisotopic (exact) mass is 640 g/mol. The van der Waals surface area contributed by atoms with Crippen LogP contribution in [-0.2, 0) is 14.8 Å². The maximum absolute atomic E-state index is 13.8. The fraction of sp³-hybridized carbons (Fsp3) is 0.333. The molecule has 1 unspecified atom stereocenters. The maximum Gasteiger partial charge on any atom is 0.266 e. The lowest BCUT2D eigenvalue weighted by atomic mass is 10.0. The number of halogens is 3. The second kappa shape index (κ2) is 11.2. The van der Waals surface area contributed by atoms with E-state index in [1.54, 1.807) is 12.3 Å². The maximum atomic E-state index is 13.8. The Bertz CT molecular complexity index is 1670. The average molecular weight is 642 g/mol. The van der Waals surface area contributed by atoms with Crippen molar-refractivity contribution >= 4 is 69.8 Å². The second-order valence-corrected chi connectivity index (χ2v) is 19.2. The number of methoxy groups -OCH3 is 1. The minimum absolute atomic E-state index is 0.0414. The van der Waals surface area contributed by atoms with E-state index in [0.717, 1.165) is 15.3 Å². The molecule has 0 radical (unpaired) electrons. The highest BCUT2D eigenvalue weighted by molar-refractivity contribution is 7.92. The molecule has 40 heavy (non-hydrogen) atoms. The first-order chi connectivity index (χ1) is 18.6. The van der Waals surface area contributed by atoms with E-state index in [9.17, 15) is 13.5 Å². The number of aliphatic hydroxyl groups excluding tert-OH is 1. The van der Waals surface area contributed by atoms with Gasteiger partial charge in [-0.05, 0) is 53.2 Å². The topological polar surface area (TPSA) is 97.6 Å². The molecule has 214 valence electrons. The van der Waals surface area contributed by atoms with E-state index in [4.69, 9.17) is 39.5 Å². The Kier molecular flexibility index (Phi) is 8.65. The first-order valence-corrected chi connectivity index (χ1v) is 17.9. The standard InChI is InChI=1S/C27H31Cl3N4O4SSi/c1-27(2,3)40(5,6)34-12-10-20-19(9-11-31-26(20)34)25(35)24-23(13-17(28)15-32-24)33(16-38-4)39(36,37)18-7-8-21(29)22(30)14-18/h7-15,25,35H,16H2,1-6H3. The number of sulfonamides is 1. The van der Waals surface area contributed by atoms with Crippen molar-refractivity contribution in [2.75, 3.05) is 18.1 Å². The van der Waals surface area contributed by atoms with E-state index in [1.165, 1.54) is 37.6 Å². The molecule has 1 atom stereocenters. The van der Waals surface area contributed by atoms with Crippen LogP contribution in [0.1, 0.15) is 38.1 Å². The molecule has 0 fully saturated rings. The summed E-state index contributed by atoms with van der Waals surface area (Å²) in [5.74, 6) is 0. The van der Waals surface area contributed by atoms with Crippen LogP contribution in [0.3, 0.4) is 0 Å². The molecule has 0 saturated heterocycles. The number of ether oxygens (including phenoxy) is 1. The Morgan fingerprint density at radius 3 is 2.40 bits per heavy atom. The van der Waals surface area contributed by atoms with Gasteiger partial charge in [0.05, 0.1) is 31.3 Å². The molecule has 3 heterocycles. The second-order valence-electron chi connectivity index (χ2n) is 10.9. The van der Waals surface area contributed by atoms with Gasteiger partial charge in [0.15, 0.2) is 8.24 Å². The Balaban J connectivity index is 1.88. The van der Waals surface area contributed by atoms with Crippen molar-refractivity contribution in [3.63, 3.8) is 0 Å². The van der Waals surface area contributed by atoms with Crippen LogP contribution in [0.2, 0.25) is 33.2 Å². The lowest BCUT2D eigenvalue weighted by molar-refractivity contribution is 0.205. The van der Waals surface area contributed by atoms with Crippen LogP contribution in [0.4, 0.5) is 5.69 Å². The van der Waals surface area contributed by atoms with Crippen molar-refractivity contribution in [2.45, 2.75) is 49.9 Å². The SMILES string of the molecule is COCN(c1cc(Cl)cnc1C(O)c1ccnc2c1ccn2[Si](C)(C)C(C)(C)C)S(=O)(=O)c1ccc(Cl)c(Cl)c1.